The smallest absolute Gasteiger partial charge is 0.176 e. The van der Waals surface area contributed by atoms with Gasteiger partial charge in [-0.3, -0.25) is 4.98 Å². The van der Waals surface area contributed by atoms with Crippen molar-refractivity contribution in [1.82, 2.24) is 19.9 Å². The molecule has 2 saturated heterocycles. The summed E-state index contributed by atoms with van der Waals surface area (Å²) in [5.74, 6) is 6.04. The first-order valence-electron chi connectivity index (χ1n) is 13.0. The van der Waals surface area contributed by atoms with Crippen LogP contribution in [0.3, 0.4) is 0 Å². The Morgan fingerprint density at radius 1 is 0.939 bits per heavy atom. The number of aromatic nitrogens is 3. The van der Waals surface area contributed by atoms with Crippen molar-refractivity contribution in [1.29, 1.82) is 0 Å². The second kappa shape index (κ2) is 7.83. The first kappa shape index (κ1) is 20.0. The SMILES string of the molecule is Oc1c(C2CCN(CC3CC3)CC2)cc(N2CC3CC3C2)nc1Nc1cnc(C2CC2)cn1. The Hall–Kier alpha value is -2.41. The van der Waals surface area contributed by atoms with Crippen LogP contribution in [0.2, 0.25) is 0 Å². The molecule has 2 unspecified atom stereocenters. The van der Waals surface area contributed by atoms with Crippen LogP contribution in [0.25, 0.3) is 0 Å². The second-order valence-electron chi connectivity index (χ2n) is 11.2. The third-order valence-electron chi connectivity index (χ3n) is 8.47. The fourth-order valence-corrected chi connectivity index (χ4v) is 5.90. The van der Waals surface area contributed by atoms with Crippen molar-refractivity contribution >= 4 is 17.5 Å². The number of fused-ring (bicyclic) bond motifs is 1. The molecular weight excluding hydrogens is 412 g/mol. The van der Waals surface area contributed by atoms with Gasteiger partial charge in [0.2, 0.25) is 0 Å². The average Bonchev–Trinajstić information content (AvgIpc) is 3.73. The van der Waals surface area contributed by atoms with Crippen LogP contribution in [-0.2, 0) is 0 Å². The van der Waals surface area contributed by atoms with E-state index >= 15 is 0 Å². The summed E-state index contributed by atoms with van der Waals surface area (Å²) in [4.78, 5) is 19.1. The molecule has 4 heterocycles. The van der Waals surface area contributed by atoms with Gasteiger partial charge in [-0.2, -0.15) is 0 Å². The summed E-state index contributed by atoms with van der Waals surface area (Å²) in [6.07, 6.45) is 12.5. The van der Waals surface area contributed by atoms with Crippen LogP contribution in [0.1, 0.15) is 68.0 Å². The van der Waals surface area contributed by atoms with Gasteiger partial charge >= 0.3 is 0 Å². The molecule has 5 fully saturated rings. The maximum atomic E-state index is 11.3. The number of likely N-dealkylation sites (tertiary alicyclic amines) is 1. The number of anilines is 3. The number of aromatic hydroxyl groups is 1. The molecule has 2 atom stereocenters. The highest BCUT2D eigenvalue weighted by Gasteiger charge is 2.45. The van der Waals surface area contributed by atoms with Crippen LogP contribution < -0.4 is 10.2 Å². The van der Waals surface area contributed by atoms with Gasteiger partial charge in [-0.05, 0) is 87.8 Å². The number of hydrogen-bond donors (Lipinski definition) is 2. The number of hydrogen-bond acceptors (Lipinski definition) is 7. The summed E-state index contributed by atoms with van der Waals surface area (Å²) in [7, 11) is 0. The molecule has 2 aromatic heterocycles. The van der Waals surface area contributed by atoms with E-state index in [4.69, 9.17) is 4.98 Å². The van der Waals surface area contributed by atoms with Crippen LogP contribution in [0, 0.1) is 17.8 Å². The van der Waals surface area contributed by atoms with Gasteiger partial charge in [0.05, 0.1) is 18.1 Å². The molecule has 3 aliphatic carbocycles. The van der Waals surface area contributed by atoms with Crippen molar-refractivity contribution in [2.45, 2.75) is 56.8 Å². The Morgan fingerprint density at radius 3 is 2.39 bits per heavy atom. The predicted molar refractivity (Wildman–Crippen MR) is 128 cm³/mol. The van der Waals surface area contributed by atoms with E-state index in [0.717, 1.165) is 73.8 Å². The second-order valence-corrected chi connectivity index (χ2v) is 11.2. The van der Waals surface area contributed by atoms with Crippen LogP contribution >= 0.6 is 0 Å². The minimum absolute atomic E-state index is 0.289. The maximum Gasteiger partial charge on any atom is 0.176 e. The van der Waals surface area contributed by atoms with E-state index in [1.54, 1.807) is 6.20 Å². The summed E-state index contributed by atoms with van der Waals surface area (Å²) in [6, 6.07) is 2.17. The van der Waals surface area contributed by atoms with Crippen molar-refractivity contribution in [3.8, 4) is 5.75 Å². The molecule has 2 aliphatic heterocycles. The van der Waals surface area contributed by atoms with E-state index in [2.05, 4.69) is 31.2 Å². The fraction of sp³-hybridized carbons (Fsp3) is 0.654. The van der Waals surface area contributed by atoms with Crippen molar-refractivity contribution in [3.63, 3.8) is 0 Å². The number of pyridine rings is 1. The highest BCUT2D eigenvalue weighted by atomic mass is 16.3. The fourth-order valence-electron chi connectivity index (χ4n) is 5.90. The molecule has 2 N–H and O–H groups in total. The molecule has 5 aliphatic rings. The standard InChI is InChI=1S/C26H34N6O/c33-25-21(17-5-7-31(8-6-17)13-16-1-2-16)10-24(32-14-19-9-20(19)15-32)30-26(25)29-23-12-27-22(11-28-23)18-3-4-18/h10-12,16-20,33H,1-9,13-15H2,(H,28,29,30). The molecule has 33 heavy (non-hydrogen) atoms. The third kappa shape index (κ3) is 4.16. The summed E-state index contributed by atoms with van der Waals surface area (Å²) in [5.41, 5.74) is 2.12. The quantitative estimate of drug-likeness (QED) is 0.659. The average molecular weight is 447 g/mol. The molecule has 0 spiro atoms. The monoisotopic (exact) mass is 446 g/mol. The predicted octanol–water partition coefficient (Wildman–Crippen LogP) is 4.24. The first-order chi connectivity index (χ1) is 16.2. The van der Waals surface area contributed by atoms with Gasteiger partial charge in [0.15, 0.2) is 11.6 Å². The molecule has 0 amide bonds. The lowest BCUT2D eigenvalue weighted by molar-refractivity contribution is 0.203. The molecule has 7 nitrogen and oxygen atoms in total. The zero-order valence-corrected chi connectivity index (χ0v) is 19.3. The normalized spacial score (nSPS) is 27.6. The van der Waals surface area contributed by atoms with Gasteiger partial charge < -0.3 is 20.2 Å². The summed E-state index contributed by atoms with van der Waals surface area (Å²) in [5, 5.41) is 14.6. The molecule has 174 valence electrons. The van der Waals surface area contributed by atoms with Gasteiger partial charge in [0.25, 0.3) is 0 Å². The van der Waals surface area contributed by atoms with Gasteiger partial charge in [-0.25, -0.2) is 9.97 Å². The molecule has 2 aromatic rings. The van der Waals surface area contributed by atoms with Gasteiger partial charge in [-0.1, -0.05) is 0 Å². The summed E-state index contributed by atoms with van der Waals surface area (Å²) < 4.78 is 0. The Labute approximate surface area is 195 Å². The zero-order valence-electron chi connectivity index (χ0n) is 19.3. The van der Waals surface area contributed by atoms with Crippen molar-refractivity contribution in [3.05, 3.63) is 29.7 Å². The van der Waals surface area contributed by atoms with Crippen molar-refractivity contribution in [2.75, 3.05) is 42.9 Å². The maximum absolute atomic E-state index is 11.3. The lowest BCUT2D eigenvalue weighted by Crippen LogP contribution is -2.34. The highest BCUT2D eigenvalue weighted by molar-refractivity contribution is 5.66. The van der Waals surface area contributed by atoms with Crippen LogP contribution in [0.5, 0.6) is 5.75 Å². The molecule has 7 rings (SSSR count). The Morgan fingerprint density at radius 2 is 1.73 bits per heavy atom. The summed E-state index contributed by atoms with van der Waals surface area (Å²) in [6.45, 7) is 5.71. The minimum atomic E-state index is 0.289. The molecule has 7 heteroatoms. The Balaban J connectivity index is 1.14. The Bertz CT molecular complexity index is 1020. The third-order valence-corrected chi connectivity index (χ3v) is 8.47. The van der Waals surface area contributed by atoms with Crippen molar-refractivity contribution < 1.29 is 5.11 Å². The molecule has 0 aromatic carbocycles. The van der Waals surface area contributed by atoms with Gasteiger partial charge in [-0.15, -0.1) is 0 Å². The molecule has 0 radical (unpaired) electrons. The van der Waals surface area contributed by atoms with E-state index in [1.807, 2.05) is 6.20 Å². The van der Waals surface area contributed by atoms with E-state index in [0.29, 0.717) is 23.5 Å². The zero-order chi connectivity index (χ0) is 21.9. The minimum Gasteiger partial charge on any atom is -0.504 e. The highest BCUT2D eigenvalue weighted by Crippen LogP contribution is 2.48. The van der Waals surface area contributed by atoms with Gasteiger partial charge in [0, 0.05) is 31.1 Å². The van der Waals surface area contributed by atoms with E-state index in [-0.39, 0.29) is 5.75 Å². The largest absolute Gasteiger partial charge is 0.504 e. The van der Waals surface area contributed by atoms with Crippen LogP contribution in [0.4, 0.5) is 17.5 Å². The summed E-state index contributed by atoms with van der Waals surface area (Å²) >= 11 is 0. The van der Waals surface area contributed by atoms with E-state index in [9.17, 15) is 5.11 Å². The van der Waals surface area contributed by atoms with Crippen LogP contribution in [-0.4, -0.2) is 57.7 Å². The topological polar surface area (TPSA) is 77.4 Å². The Kier molecular flexibility index (Phi) is 4.74. The van der Waals surface area contributed by atoms with E-state index in [1.165, 1.54) is 38.6 Å². The number of nitrogens with one attached hydrogen (secondary N) is 1. The van der Waals surface area contributed by atoms with Crippen molar-refractivity contribution in [2.24, 2.45) is 17.8 Å². The lowest BCUT2D eigenvalue weighted by atomic mass is 9.89. The van der Waals surface area contributed by atoms with Gasteiger partial charge in [0.1, 0.15) is 11.6 Å². The molecular formula is C26H34N6O. The number of rotatable bonds is 7. The first-order valence-corrected chi connectivity index (χ1v) is 13.0. The van der Waals surface area contributed by atoms with E-state index < -0.39 is 0 Å². The lowest BCUT2D eigenvalue weighted by Gasteiger charge is -2.33. The number of nitrogens with zero attached hydrogens (tertiary/aromatic N) is 5. The number of piperidine rings is 2. The molecule has 3 saturated carbocycles. The molecule has 0 bridgehead atoms. The van der Waals surface area contributed by atoms with Crippen LogP contribution in [0.15, 0.2) is 18.5 Å².